The van der Waals surface area contributed by atoms with Crippen molar-refractivity contribution >= 4 is 17.4 Å². The van der Waals surface area contributed by atoms with E-state index in [1.54, 1.807) is 30.3 Å². The van der Waals surface area contributed by atoms with Gasteiger partial charge in [0.25, 0.3) is 5.91 Å². The van der Waals surface area contributed by atoms with Gasteiger partial charge in [0.1, 0.15) is 17.4 Å². The minimum atomic E-state index is -4.97. The molecule has 200 valence electrons. The van der Waals surface area contributed by atoms with Crippen LogP contribution >= 0.6 is 0 Å². The van der Waals surface area contributed by atoms with Crippen molar-refractivity contribution in [2.45, 2.75) is 31.4 Å². The second-order valence-electron chi connectivity index (χ2n) is 8.17. The van der Waals surface area contributed by atoms with Gasteiger partial charge in [-0.2, -0.15) is 17.6 Å². The van der Waals surface area contributed by atoms with Gasteiger partial charge in [-0.3, -0.25) is 9.59 Å². The maximum Gasteiger partial charge on any atom is 0.461 e. The number of carbonyl (C=O) groups is 2. The second kappa shape index (κ2) is 11.4. The van der Waals surface area contributed by atoms with Gasteiger partial charge < -0.3 is 15.3 Å². The molecule has 38 heavy (non-hydrogen) atoms. The summed E-state index contributed by atoms with van der Waals surface area (Å²) in [6, 6.07) is 14.7. The second-order valence-corrected chi connectivity index (χ2v) is 8.17. The van der Waals surface area contributed by atoms with E-state index in [2.05, 4.69) is 15.2 Å². The molecule has 0 fully saturated rings. The van der Waals surface area contributed by atoms with E-state index in [1.165, 1.54) is 12.1 Å². The summed E-state index contributed by atoms with van der Waals surface area (Å²) in [6.45, 7) is 0.936. The fraction of sp³-hybridized carbons (Fsp3) is 0.192. The smallest absolute Gasteiger partial charge is 0.428 e. The third kappa shape index (κ3) is 6.31. The number of benzene rings is 3. The average molecular weight is 538 g/mol. The van der Waals surface area contributed by atoms with Crippen molar-refractivity contribution in [3.8, 4) is 5.75 Å². The molecule has 0 aromatic heterocycles. The van der Waals surface area contributed by atoms with E-state index >= 15 is 0 Å². The fourth-order valence-electron chi connectivity index (χ4n) is 3.79. The third-order valence-electron chi connectivity index (χ3n) is 5.50. The number of rotatable bonds is 10. The Balaban J connectivity index is 2.31. The standard InChI is InChI=1S/C26H20F6N2O4/c1-15(35)22(34-37)23(36)33-25(14-16-5-3-2-4-6-16,17-7-9-19(27)10-8-17)18-11-20(28)13-21(12-18)38-26(31,32)24(29)30/h2-13,24,37H,14H2,1H3,(H,33,36). The van der Waals surface area contributed by atoms with Crippen LogP contribution in [0.4, 0.5) is 26.3 Å². The lowest BCUT2D eigenvalue weighted by molar-refractivity contribution is -0.253. The highest BCUT2D eigenvalue weighted by Crippen LogP contribution is 2.38. The third-order valence-corrected chi connectivity index (χ3v) is 5.50. The van der Waals surface area contributed by atoms with Crippen LogP contribution in [0.1, 0.15) is 23.6 Å². The Hall–Kier alpha value is -4.35. The summed E-state index contributed by atoms with van der Waals surface area (Å²) in [7, 11) is 0. The molecule has 1 amide bonds. The van der Waals surface area contributed by atoms with Gasteiger partial charge in [-0.25, -0.2) is 8.78 Å². The zero-order valence-corrected chi connectivity index (χ0v) is 19.6. The van der Waals surface area contributed by atoms with Gasteiger partial charge in [0.05, 0.1) is 5.54 Å². The van der Waals surface area contributed by atoms with E-state index < -0.39 is 52.9 Å². The first-order valence-corrected chi connectivity index (χ1v) is 10.9. The SMILES string of the molecule is CC(=O)C(=NO)C(=O)NC(Cc1ccccc1)(c1ccc(F)cc1)c1cc(F)cc(OC(F)(F)C(F)F)c1. The topological polar surface area (TPSA) is 88.0 Å². The van der Waals surface area contributed by atoms with E-state index in [4.69, 9.17) is 0 Å². The fourth-order valence-corrected chi connectivity index (χ4v) is 3.79. The van der Waals surface area contributed by atoms with Gasteiger partial charge in [-0.1, -0.05) is 47.6 Å². The van der Waals surface area contributed by atoms with E-state index in [1.807, 2.05) is 0 Å². The Kier molecular flexibility index (Phi) is 8.44. The Morgan fingerprint density at radius 3 is 2.13 bits per heavy atom. The number of nitrogens with zero attached hydrogens (tertiary/aromatic N) is 1. The molecular weight excluding hydrogens is 518 g/mol. The average Bonchev–Trinajstić information content (AvgIpc) is 2.84. The molecule has 1 atom stereocenters. The van der Waals surface area contributed by atoms with Crippen molar-refractivity contribution in [3.05, 3.63) is 101 Å². The molecule has 0 bridgehead atoms. The Labute approximate surface area is 212 Å². The molecule has 0 heterocycles. The van der Waals surface area contributed by atoms with Gasteiger partial charge >= 0.3 is 12.5 Å². The highest BCUT2D eigenvalue weighted by atomic mass is 19.3. The van der Waals surface area contributed by atoms with Crippen molar-refractivity contribution in [2.75, 3.05) is 0 Å². The number of halogens is 6. The summed E-state index contributed by atoms with van der Waals surface area (Å²) in [5.41, 5.74) is -2.61. The van der Waals surface area contributed by atoms with E-state index in [9.17, 15) is 41.1 Å². The van der Waals surface area contributed by atoms with Crippen LogP contribution in [0.5, 0.6) is 5.75 Å². The minimum absolute atomic E-state index is 0.0779. The number of nitrogens with one attached hydrogen (secondary N) is 1. The lowest BCUT2D eigenvalue weighted by Crippen LogP contribution is -2.52. The molecule has 0 saturated carbocycles. The summed E-state index contributed by atoms with van der Waals surface area (Å²) in [4.78, 5) is 25.0. The molecule has 0 aliphatic heterocycles. The minimum Gasteiger partial charge on any atom is -0.428 e. The summed E-state index contributed by atoms with van der Waals surface area (Å²) in [6.07, 6.45) is -9.45. The lowest BCUT2D eigenvalue weighted by atomic mass is 9.77. The van der Waals surface area contributed by atoms with Crippen molar-refractivity contribution in [3.63, 3.8) is 0 Å². The van der Waals surface area contributed by atoms with Crippen LogP contribution in [0.15, 0.2) is 78.0 Å². The van der Waals surface area contributed by atoms with Crippen molar-refractivity contribution in [1.29, 1.82) is 0 Å². The van der Waals surface area contributed by atoms with E-state index in [0.29, 0.717) is 11.6 Å². The largest absolute Gasteiger partial charge is 0.461 e. The maximum atomic E-state index is 14.7. The van der Waals surface area contributed by atoms with Crippen LogP contribution in [0.3, 0.4) is 0 Å². The molecule has 3 aromatic rings. The van der Waals surface area contributed by atoms with E-state index in [-0.39, 0.29) is 17.5 Å². The number of hydrogen-bond acceptors (Lipinski definition) is 5. The van der Waals surface area contributed by atoms with Crippen LogP contribution in [-0.2, 0) is 21.5 Å². The number of ketones is 1. The van der Waals surface area contributed by atoms with E-state index in [0.717, 1.165) is 31.2 Å². The number of hydrogen-bond donors (Lipinski definition) is 2. The zero-order chi connectivity index (χ0) is 28.1. The first-order chi connectivity index (χ1) is 17.9. The molecule has 0 saturated heterocycles. The quantitative estimate of drug-likeness (QED) is 0.122. The highest BCUT2D eigenvalue weighted by molar-refractivity contribution is 6.65. The molecular formula is C26H20F6N2O4. The predicted octanol–water partition coefficient (Wildman–Crippen LogP) is 5.22. The van der Waals surface area contributed by atoms with Gasteiger partial charge in [-0.15, -0.1) is 0 Å². The molecule has 2 N–H and O–H groups in total. The molecule has 3 aromatic carbocycles. The summed E-state index contributed by atoms with van der Waals surface area (Å²) < 4.78 is 85.5. The monoisotopic (exact) mass is 538 g/mol. The van der Waals surface area contributed by atoms with Crippen LogP contribution in [0.2, 0.25) is 0 Å². The van der Waals surface area contributed by atoms with Crippen molar-refractivity contribution < 1.29 is 45.9 Å². The van der Waals surface area contributed by atoms with Gasteiger partial charge in [0.2, 0.25) is 5.71 Å². The summed E-state index contributed by atoms with van der Waals surface area (Å²) in [5.74, 6) is -5.07. The maximum absolute atomic E-state index is 14.7. The summed E-state index contributed by atoms with van der Waals surface area (Å²) in [5, 5.41) is 14.4. The zero-order valence-electron chi connectivity index (χ0n) is 19.6. The number of Topliss-reactive ketones (excluding diaryl/α,β-unsaturated/α-hetero) is 1. The normalized spacial score (nSPS) is 13.6. The van der Waals surface area contributed by atoms with Gasteiger partial charge in [-0.05, 0) is 41.0 Å². The molecule has 0 radical (unpaired) electrons. The van der Waals surface area contributed by atoms with Crippen molar-refractivity contribution in [1.82, 2.24) is 5.32 Å². The Morgan fingerprint density at radius 1 is 0.947 bits per heavy atom. The molecule has 0 spiro atoms. The van der Waals surface area contributed by atoms with Crippen LogP contribution < -0.4 is 10.1 Å². The molecule has 0 aliphatic carbocycles. The molecule has 0 aliphatic rings. The molecule has 1 unspecified atom stereocenters. The van der Waals surface area contributed by atoms with Gasteiger partial charge in [0.15, 0.2) is 5.78 Å². The first-order valence-electron chi connectivity index (χ1n) is 10.9. The first kappa shape index (κ1) is 28.2. The number of ether oxygens (including phenoxy) is 1. The predicted molar refractivity (Wildman–Crippen MR) is 123 cm³/mol. The molecule has 12 heteroatoms. The lowest BCUT2D eigenvalue weighted by Gasteiger charge is -2.37. The number of amides is 1. The van der Waals surface area contributed by atoms with Crippen molar-refractivity contribution in [2.24, 2.45) is 5.16 Å². The number of carbonyl (C=O) groups excluding carboxylic acids is 2. The molecule has 6 nitrogen and oxygen atoms in total. The van der Waals surface area contributed by atoms with Crippen LogP contribution in [-0.4, -0.2) is 35.1 Å². The van der Waals surface area contributed by atoms with Gasteiger partial charge in [0, 0.05) is 19.4 Å². The number of alkyl halides is 4. The highest BCUT2D eigenvalue weighted by Gasteiger charge is 2.45. The summed E-state index contributed by atoms with van der Waals surface area (Å²) >= 11 is 0. The Bertz CT molecular complexity index is 1330. The van der Waals surface area contributed by atoms with Crippen LogP contribution in [0.25, 0.3) is 0 Å². The van der Waals surface area contributed by atoms with Crippen LogP contribution in [0, 0.1) is 11.6 Å². The Morgan fingerprint density at radius 2 is 1.58 bits per heavy atom. The molecule has 3 rings (SSSR count). The number of oxime groups is 1.